The van der Waals surface area contributed by atoms with Gasteiger partial charge in [-0.15, -0.1) is 0 Å². The number of nitrogens with two attached hydrogens (primary N) is 1. The molecule has 1 aliphatic heterocycles. The number of rotatable bonds is 5. The van der Waals surface area contributed by atoms with Crippen LogP contribution < -0.4 is 5.73 Å². The van der Waals surface area contributed by atoms with Crippen molar-refractivity contribution < 1.29 is 9.59 Å². The third-order valence-corrected chi connectivity index (χ3v) is 2.97. The molecule has 0 aliphatic carbocycles. The van der Waals surface area contributed by atoms with Crippen molar-refractivity contribution in [3.63, 3.8) is 0 Å². The van der Waals surface area contributed by atoms with Crippen LogP contribution in [0.25, 0.3) is 0 Å². The summed E-state index contributed by atoms with van der Waals surface area (Å²) in [5, 5.41) is 0. The molecule has 0 radical (unpaired) electrons. The quantitative estimate of drug-likeness (QED) is 0.721. The van der Waals surface area contributed by atoms with Gasteiger partial charge in [0.25, 0.3) is 0 Å². The van der Waals surface area contributed by atoms with Crippen LogP contribution in [0, 0.1) is 0 Å². The number of carbonyl (C=O) groups is 2. The molecule has 1 saturated heterocycles. The fourth-order valence-corrected chi connectivity index (χ4v) is 1.98. The number of amides is 2. The van der Waals surface area contributed by atoms with Crippen LogP contribution in [-0.2, 0) is 9.59 Å². The molecule has 4 heteroatoms. The van der Waals surface area contributed by atoms with Gasteiger partial charge >= 0.3 is 0 Å². The SMILES string of the molecule is NCCCCCC(=O)N1CCCCCC1=O. The highest BCUT2D eigenvalue weighted by molar-refractivity contribution is 5.95. The average molecular weight is 226 g/mol. The summed E-state index contributed by atoms with van der Waals surface area (Å²) in [4.78, 5) is 24.9. The van der Waals surface area contributed by atoms with Crippen molar-refractivity contribution in [3.8, 4) is 0 Å². The minimum atomic E-state index is 0.00363. The largest absolute Gasteiger partial charge is 0.330 e. The van der Waals surface area contributed by atoms with Crippen molar-refractivity contribution in [1.29, 1.82) is 0 Å². The minimum absolute atomic E-state index is 0.00363. The Hall–Kier alpha value is -0.900. The number of hydrogen-bond acceptors (Lipinski definition) is 3. The third-order valence-electron chi connectivity index (χ3n) is 2.97. The number of hydrogen-bond donors (Lipinski definition) is 1. The molecule has 1 aliphatic rings. The zero-order chi connectivity index (χ0) is 11.8. The van der Waals surface area contributed by atoms with Crippen molar-refractivity contribution >= 4 is 11.8 Å². The summed E-state index contributed by atoms with van der Waals surface area (Å²) in [6.45, 7) is 1.30. The van der Waals surface area contributed by atoms with Crippen LogP contribution in [0.4, 0.5) is 0 Å². The smallest absolute Gasteiger partial charge is 0.229 e. The predicted molar refractivity (Wildman–Crippen MR) is 62.7 cm³/mol. The van der Waals surface area contributed by atoms with E-state index in [0.29, 0.717) is 25.9 Å². The number of carbonyl (C=O) groups excluding carboxylic acids is 2. The van der Waals surface area contributed by atoms with Gasteiger partial charge in [0, 0.05) is 19.4 Å². The second kappa shape index (κ2) is 7.39. The molecular formula is C12H22N2O2. The first-order chi connectivity index (χ1) is 7.75. The third kappa shape index (κ3) is 4.31. The molecular weight excluding hydrogens is 204 g/mol. The van der Waals surface area contributed by atoms with Crippen LogP contribution in [0.2, 0.25) is 0 Å². The zero-order valence-corrected chi connectivity index (χ0v) is 9.91. The number of unbranched alkanes of at least 4 members (excludes halogenated alkanes) is 2. The summed E-state index contributed by atoms with van der Waals surface area (Å²) in [6.07, 6.45) is 6.75. The molecule has 0 aromatic heterocycles. The molecule has 0 unspecified atom stereocenters. The fraction of sp³-hybridized carbons (Fsp3) is 0.833. The van der Waals surface area contributed by atoms with Crippen molar-refractivity contribution in [2.45, 2.75) is 51.4 Å². The molecule has 1 heterocycles. The van der Waals surface area contributed by atoms with E-state index < -0.39 is 0 Å². The van der Waals surface area contributed by atoms with Gasteiger partial charge in [0.1, 0.15) is 0 Å². The summed E-state index contributed by atoms with van der Waals surface area (Å²) >= 11 is 0. The summed E-state index contributed by atoms with van der Waals surface area (Å²) in [5.41, 5.74) is 5.38. The van der Waals surface area contributed by atoms with E-state index in [-0.39, 0.29) is 11.8 Å². The lowest BCUT2D eigenvalue weighted by molar-refractivity contribution is -0.144. The maximum Gasteiger partial charge on any atom is 0.229 e. The average Bonchev–Trinajstić information content (AvgIpc) is 2.49. The molecule has 1 fully saturated rings. The molecule has 1 rings (SSSR count). The summed E-state index contributed by atoms with van der Waals surface area (Å²) in [7, 11) is 0. The summed E-state index contributed by atoms with van der Waals surface area (Å²) in [5.74, 6) is 0.0187. The fourth-order valence-electron chi connectivity index (χ4n) is 1.98. The second-order valence-corrected chi connectivity index (χ2v) is 4.35. The molecule has 0 atom stereocenters. The van der Waals surface area contributed by atoms with Gasteiger partial charge in [-0.3, -0.25) is 14.5 Å². The first-order valence-electron chi connectivity index (χ1n) is 6.29. The van der Waals surface area contributed by atoms with E-state index in [4.69, 9.17) is 5.73 Å². The van der Waals surface area contributed by atoms with E-state index in [9.17, 15) is 9.59 Å². The second-order valence-electron chi connectivity index (χ2n) is 4.35. The van der Waals surface area contributed by atoms with Gasteiger partial charge in [0.15, 0.2) is 0 Å². The lowest BCUT2D eigenvalue weighted by atomic mass is 10.2. The van der Waals surface area contributed by atoms with Crippen LogP contribution in [0.15, 0.2) is 0 Å². The zero-order valence-electron chi connectivity index (χ0n) is 9.91. The molecule has 0 saturated carbocycles. The lowest BCUT2D eigenvalue weighted by Crippen LogP contribution is -2.36. The normalized spacial score (nSPS) is 17.3. The van der Waals surface area contributed by atoms with Gasteiger partial charge in [0.2, 0.25) is 11.8 Å². The molecule has 0 bridgehead atoms. The summed E-state index contributed by atoms with van der Waals surface area (Å²) in [6, 6.07) is 0. The first-order valence-corrected chi connectivity index (χ1v) is 6.29. The van der Waals surface area contributed by atoms with Crippen molar-refractivity contribution in [3.05, 3.63) is 0 Å². The van der Waals surface area contributed by atoms with Crippen molar-refractivity contribution in [1.82, 2.24) is 4.90 Å². The Labute approximate surface area is 97.2 Å². The Morgan fingerprint density at radius 3 is 2.75 bits per heavy atom. The highest BCUT2D eigenvalue weighted by Gasteiger charge is 2.22. The van der Waals surface area contributed by atoms with E-state index >= 15 is 0 Å². The van der Waals surface area contributed by atoms with E-state index in [1.165, 1.54) is 4.90 Å². The Balaban J connectivity index is 2.30. The molecule has 4 nitrogen and oxygen atoms in total. The molecule has 2 amide bonds. The highest BCUT2D eigenvalue weighted by Crippen LogP contribution is 2.13. The van der Waals surface area contributed by atoms with Crippen LogP contribution in [0.5, 0.6) is 0 Å². The highest BCUT2D eigenvalue weighted by atomic mass is 16.2. The Morgan fingerprint density at radius 1 is 1.19 bits per heavy atom. The van der Waals surface area contributed by atoms with Gasteiger partial charge in [0.05, 0.1) is 0 Å². The Kier molecular flexibility index (Phi) is 6.08. The van der Waals surface area contributed by atoms with E-state index in [2.05, 4.69) is 0 Å². The van der Waals surface area contributed by atoms with Crippen molar-refractivity contribution in [2.75, 3.05) is 13.1 Å². The topological polar surface area (TPSA) is 63.4 Å². The molecule has 92 valence electrons. The molecule has 16 heavy (non-hydrogen) atoms. The van der Waals surface area contributed by atoms with Crippen LogP contribution in [0.3, 0.4) is 0 Å². The number of imide groups is 1. The maximum absolute atomic E-state index is 11.8. The minimum Gasteiger partial charge on any atom is -0.330 e. The summed E-state index contributed by atoms with van der Waals surface area (Å²) < 4.78 is 0. The van der Waals surface area contributed by atoms with Crippen molar-refractivity contribution in [2.24, 2.45) is 5.73 Å². The van der Waals surface area contributed by atoms with Crippen LogP contribution in [-0.4, -0.2) is 29.8 Å². The van der Waals surface area contributed by atoms with Gasteiger partial charge in [-0.25, -0.2) is 0 Å². The molecule has 0 aromatic carbocycles. The molecule has 0 aromatic rings. The van der Waals surface area contributed by atoms with Gasteiger partial charge in [-0.2, -0.15) is 0 Å². The lowest BCUT2D eigenvalue weighted by Gasteiger charge is -2.18. The monoisotopic (exact) mass is 226 g/mol. The van der Waals surface area contributed by atoms with E-state index in [1.54, 1.807) is 0 Å². The van der Waals surface area contributed by atoms with Gasteiger partial charge in [-0.1, -0.05) is 12.8 Å². The molecule has 0 spiro atoms. The van der Waals surface area contributed by atoms with E-state index in [1.807, 2.05) is 0 Å². The first kappa shape index (κ1) is 13.2. The maximum atomic E-state index is 11.8. The standard InChI is InChI=1S/C12H22N2O2/c13-9-5-1-3-7-11(15)14-10-6-2-4-8-12(14)16/h1-10,13H2. The number of likely N-dealkylation sites (tertiary alicyclic amines) is 1. The van der Waals surface area contributed by atoms with Crippen LogP contribution >= 0.6 is 0 Å². The van der Waals surface area contributed by atoms with Gasteiger partial charge in [-0.05, 0) is 32.2 Å². The predicted octanol–water partition coefficient (Wildman–Crippen LogP) is 1.43. The molecule has 2 N–H and O–H groups in total. The number of nitrogens with zero attached hydrogens (tertiary/aromatic N) is 1. The Morgan fingerprint density at radius 2 is 2.00 bits per heavy atom. The van der Waals surface area contributed by atoms with E-state index in [0.717, 1.165) is 38.5 Å². The van der Waals surface area contributed by atoms with Crippen LogP contribution in [0.1, 0.15) is 51.4 Å². The Bertz CT molecular complexity index is 241. The van der Waals surface area contributed by atoms with Gasteiger partial charge < -0.3 is 5.73 Å².